The highest BCUT2D eigenvalue weighted by atomic mass is 79.9. The van der Waals surface area contributed by atoms with Crippen molar-refractivity contribution in [2.75, 3.05) is 6.61 Å². The minimum Gasteiger partial charge on any atom is -0.374 e. The number of hydrogen-bond acceptors (Lipinski definition) is 3. The minimum absolute atomic E-state index is 0.158. The van der Waals surface area contributed by atoms with Gasteiger partial charge in [0.05, 0.1) is 13.2 Å². The van der Waals surface area contributed by atoms with Crippen molar-refractivity contribution in [3.05, 3.63) is 20.8 Å². The summed E-state index contributed by atoms with van der Waals surface area (Å²) in [7, 11) is 0. The van der Waals surface area contributed by atoms with Crippen LogP contribution in [-0.4, -0.2) is 12.1 Å². The molecule has 1 rings (SSSR count). The van der Waals surface area contributed by atoms with E-state index in [1.54, 1.807) is 11.3 Å². The molecule has 0 unspecified atom stereocenters. The van der Waals surface area contributed by atoms with Crippen molar-refractivity contribution in [2.24, 2.45) is 5.73 Å². The third-order valence-corrected chi connectivity index (χ3v) is 4.33. The van der Waals surface area contributed by atoms with Gasteiger partial charge in [0.1, 0.15) is 0 Å². The summed E-state index contributed by atoms with van der Waals surface area (Å²) >= 11 is 5.12. The van der Waals surface area contributed by atoms with E-state index in [-0.39, 0.29) is 5.54 Å². The van der Waals surface area contributed by atoms with E-state index in [0.717, 1.165) is 17.3 Å². The average Bonchev–Trinajstić information content (AvgIpc) is 2.64. The Bertz CT molecular complexity index is 297. The molecule has 0 radical (unpaired) electrons. The molecule has 0 bridgehead atoms. The van der Waals surface area contributed by atoms with E-state index in [0.29, 0.717) is 13.2 Å². The number of nitrogens with two attached hydrogens (primary N) is 1. The van der Waals surface area contributed by atoms with Gasteiger partial charge in [0.15, 0.2) is 0 Å². The van der Waals surface area contributed by atoms with Crippen molar-refractivity contribution in [2.45, 2.75) is 38.8 Å². The van der Waals surface area contributed by atoms with E-state index < -0.39 is 0 Å². The third kappa shape index (κ3) is 4.23. The molecule has 0 saturated carbocycles. The van der Waals surface area contributed by atoms with Gasteiger partial charge in [-0.3, -0.25) is 0 Å². The van der Waals surface area contributed by atoms with Gasteiger partial charge in [-0.25, -0.2) is 0 Å². The van der Waals surface area contributed by atoms with Gasteiger partial charge in [-0.05, 0) is 34.8 Å². The molecular formula is C11H18BrNOS. The average molecular weight is 292 g/mol. The Morgan fingerprint density at radius 1 is 1.47 bits per heavy atom. The first-order valence-electron chi connectivity index (χ1n) is 5.19. The van der Waals surface area contributed by atoms with Crippen molar-refractivity contribution in [1.82, 2.24) is 0 Å². The molecule has 0 aromatic carbocycles. The van der Waals surface area contributed by atoms with Crippen LogP contribution in [0.15, 0.2) is 15.9 Å². The first-order chi connectivity index (χ1) is 7.09. The highest BCUT2D eigenvalue weighted by molar-refractivity contribution is 9.10. The third-order valence-electron chi connectivity index (χ3n) is 2.66. The molecule has 1 aromatic rings. The first-order valence-corrected chi connectivity index (χ1v) is 6.86. The highest BCUT2D eigenvalue weighted by Gasteiger charge is 2.20. The molecule has 0 amide bonds. The molecule has 0 aliphatic carbocycles. The molecule has 1 aromatic heterocycles. The van der Waals surface area contributed by atoms with Gasteiger partial charge < -0.3 is 10.5 Å². The number of halogens is 1. The van der Waals surface area contributed by atoms with Crippen LogP contribution in [0, 0.1) is 0 Å². The Kier molecular flexibility index (Phi) is 5.26. The van der Waals surface area contributed by atoms with E-state index in [4.69, 9.17) is 10.5 Å². The predicted molar refractivity (Wildman–Crippen MR) is 69.2 cm³/mol. The summed E-state index contributed by atoms with van der Waals surface area (Å²) < 4.78 is 6.77. The fourth-order valence-corrected chi connectivity index (χ4v) is 2.63. The molecule has 0 spiro atoms. The van der Waals surface area contributed by atoms with E-state index in [2.05, 4.69) is 41.2 Å². The first kappa shape index (κ1) is 13.2. The smallest absolute Gasteiger partial charge is 0.0810 e. The Morgan fingerprint density at radius 2 is 2.13 bits per heavy atom. The van der Waals surface area contributed by atoms with Gasteiger partial charge in [0.2, 0.25) is 0 Å². The molecular weight excluding hydrogens is 274 g/mol. The zero-order chi connectivity index (χ0) is 11.3. The van der Waals surface area contributed by atoms with E-state index in [1.165, 1.54) is 4.88 Å². The van der Waals surface area contributed by atoms with Gasteiger partial charge in [-0.15, -0.1) is 11.3 Å². The summed E-state index contributed by atoms with van der Waals surface area (Å²) in [4.78, 5) is 1.23. The Balaban J connectivity index is 2.32. The lowest BCUT2D eigenvalue weighted by Gasteiger charge is -2.26. The van der Waals surface area contributed by atoms with Crippen LogP contribution in [0.25, 0.3) is 0 Å². The van der Waals surface area contributed by atoms with Crippen molar-refractivity contribution >= 4 is 27.3 Å². The maximum absolute atomic E-state index is 6.14. The molecule has 4 heteroatoms. The second-order valence-electron chi connectivity index (χ2n) is 3.79. The van der Waals surface area contributed by atoms with E-state index in [1.807, 2.05) is 0 Å². The zero-order valence-electron chi connectivity index (χ0n) is 9.25. The summed E-state index contributed by atoms with van der Waals surface area (Å²) in [5.74, 6) is 0. The second-order valence-corrected chi connectivity index (χ2v) is 5.70. The number of thiophene rings is 1. The van der Waals surface area contributed by atoms with Crippen molar-refractivity contribution in [3.63, 3.8) is 0 Å². The number of ether oxygens (including phenoxy) is 1. The fraction of sp³-hybridized carbons (Fsp3) is 0.636. The largest absolute Gasteiger partial charge is 0.374 e. The Labute approximate surface area is 104 Å². The van der Waals surface area contributed by atoms with Gasteiger partial charge in [0.25, 0.3) is 0 Å². The van der Waals surface area contributed by atoms with Crippen LogP contribution in [-0.2, 0) is 11.3 Å². The minimum atomic E-state index is -0.158. The maximum Gasteiger partial charge on any atom is 0.0810 e. The van der Waals surface area contributed by atoms with Crippen molar-refractivity contribution in [3.8, 4) is 0 Å². The summed E-state index contributed by atoms with van der Waals surface area (Å²) in [6.07, 6.45) is 1.91. The standard InChI is InChI=1S/C11H18BrNOS/c1-3-11(13,4-2)8-14-6-10-5-9(12)7-15-10/h5,7H,3-4,6,8,13H2,1-2H3. The molecule has 0 saturated heterocycles. The topological polar surface area (TPSA) is 35.2 Å². The molecule has 15 heavy (non-hydrogen) atoms. The van der Waals surface area contributed by atoms with E-state index >= 15 is 0 Å². The summed E-state index contributed by atoms with van der Waals surface area (Å²) in [6.45, 7) is 5.51. The highest BCUT2D eigenvalue weighted by Crippen LogP contribution is 2.21. The Morgan fingerprint density at radius 3 is 2.60 bits per heavy atom. The van der Waals surface area contributed by atoms with Gasteiger partial charge in [0, 0.05) is 20.3 Å². The van der Waals surface area contributed by atoms with Crippen molar-refractivity contribution in [1.29, 1.82) is 0 Å². The molecule has 1 heterocycles. The van der Waals surface area contributed by atoms with Gasteiger partial charge in [-0.2, -0.15) is 0 Å². The van der Waals surface area contributed by atoms with Gasteiger partial charge in [-0.1, -0.05) is 13.8 Å². The van der Waals surface area contributed by atoms with Crippen LogP contribution < -0.4 is 5.73 Å². The SMILES string of the molecule is CCC(N)(CC)COCc1cc(Br)cs1. The van der Waals surface area contributed by atoms with Crippen LogP contribution in [0.2, 0.25) is 0 Å². The van der Waals surface area contributed by atoms with Gasteiger partial charge >= 0.3 is 0 Å². The summed E-state index contributed by atoms with van der Waals surface area (Å²) in [5, 5.41) is 2.06. The molecule has 0 fully saturated rings. The molecule has 2 nitrogen and oxygen atoms in total. The molecule has 86 valence electrons. The maximum atomic E-state index is 6.14. The van der Waals surface area contributed by atoms with Crippen LogP contribution in [0.3, 0.4) is 0 Å². The van der Waals surface area contributed by atoms with Crippen LogP contribution in [0.4, 0.5) is 0 Å². The molecule has 2 N–H and O–H groups in total. The van der Waals surface area contributed by atoms with Crippen LogP contribution in [0.5, 0.6) is 0 Å². The molecule has 0 aliphatic rings. The normalized spacial score (nSPS) is 12.0. The quantitative estimate of drug-likeness (QED) is 0.870. The summed E-state index contributed by atoms with van der Waals surface area (Å²) in [6, 6.07) is 2.08. The number of rotatable bonds is 6. The Hall–Kier alpha value is 0.1000. The van der Waals surface area contributed by atoms with Crippen LogP contribution >= 0.6 is 27.3 Å². The molecule has 0 atom stereocenters. The molecule has 0 aliphatic heterocycles. The summed E-state index contributed by atoms with van der Waals surface area (Å²) in [5.41, 5.74) is 5.98. The lowest BCUT2D eigenvalue weighted by Crippen LogP contribution is -2.43. The predicted octanol–water partition coefficient (Wildman–Crippen LogP) is 3.54. The van der Waals surface area contributed by atoms with Crippen molar-refractivity contribution < 1.29 is 4.74 Å². The fourth-order valence-electron chi connectivity index (χ4n) is 1.24. The second kappa shape index (κ2) is 5.99. The zero-order valence-corrected chi connectivity index (χ0v) is 11.7. The lowest BCUT2D eigenvalue weighted by molar-refractivity contribution is 0.0711. The van der Waals surface area contributed by atoms with E-state index in [9.17, 15) is 0 Å². The monoisotopic (exact) mass is 291 g/mol. The van der Waals surface area contributed by atoms with Crippen LogP contribution in [0.1, 0.15) is 31.6 Å². The number of hydrogen-bond donors (Lipinski definition) is 1. The lowest BCUT2D eigenvalue weighted by atomic mass is 9.96.